The van der Waals surface area contributed by atoms with Gasteiger partial charge in [-0.1, -0.05) is 44.0 Å². The van der Waals surface area contributed by atoms with Crippen LogP contribution in [0.4, 0.5) is 5.69 Å². The van der Waals surface area contributed by atoms with E-state index in [1.54, 1.807) is 18.2 Å². The van der Waals surface area contributed by atoms with Gasteiger partial charge < -0.3 is 5.73 Å². The van der Waals surface area contributed by atoms with Crippen LogP contribution in [-0.4, -0.2) is 5.78 Å². The Kier molecular flexibility index (Phi) is 4.19. The topological polar surface area (TPSA) is 43.1 Å². The Bertz CT molecular complexity index is 579. The Morgan fingerprint density at radius 1 is 1.06 bits per heavy atom. The van der Waals surface area contributed by atoms with E-state index in [1.165, 1.54) is 0 Å². The summed E-state index contributed by atoms with van der Waals surface area (Å²) in [6.45, 7) is 0. The quantitative estimate of drug-likeness (QED) is 0.651. The SMILES string of the molecule is Nc1ccc(Br)c(C(=O)Cc2ccc(Br)cc2)c1. The van der Waals surface area contributed by atoms with Crippen LogP contribution >= 0.6 is 31.9 Å². The number of nitrogens with two attached hydrogens (primary N) is 1. The lowest BCUT2D eigenvalue weighted by molar-refractivity contribution is 0.0992. The Balaban J connectivity index is 2.21. The van der Waals surface area contributed by atoms with Crippen LogP contribution in [0.25, 0.3) is 0 Å². The summed E-state index contributed by atoms with van der Waals surface area (Å²) in [4.78, 5) is 12.2. The van der Waals surface area contributed by atoms with Gasteiger partial charge in [0, 0.05) is 26.6 Å². The number of carbonyl (C=O) groups is 1. The zero-order valence-corrected chi connectivity index (χ0v) is 12.7. The van der Waals surface area contributed by atoms with Gasteiger partial charge in [-0.3, -0.25) is 4.79 Å². The summed E-state index contributed by atoms with van der Waals surface area (Å²) < 4.78 is 1.78. The first-order chi connectivity index (χ1) is 8.56. The number of rotatable bonds is 3. The molecule has 0 bridgehead atoms. The molecule has 0 saturated carbocycles. The van der Waals surface area contributed by atoms with Crippen LogP contribution in [0, 0.1) is 0 Å². The first-order valence-corrected chi connectivity index (χ1v) is 6.97. The van der Waals surface area contributed by atoms with Gasteiger partial charge in [0.1, 0.15) is 0 Å². The molecule has 2 rings (SSSR count). The largest absolute Gasteiger partial charge is 0.399 e. The number of carbonyl (C=O) groups excluding carboxylic acids is 1. The predicted molar refractivity (Wildman–Crippen MR) is 80.7 cm³/mol. The molecule has 0 amide bonds. The Morgan fingerprint density at radius 2 is 1.72 bits per heavy atom. The van der Waals surface area contributed by atoms with E-state index in [-0.39, 0.29) is 5.78 Å². The summed E-state index contributed by atoms with van der Waals surface area (Å²) in [5.74, 6) is 0.0523. The highest BCUT2D eigenvalue weighted by atomic mass is 79.9. The summed E-state index contributed by atoms with van der Waals surface area (Å²) in [5, 5.41) is 0. The van der Waals surface area contributed by atoms with Gasteiger partial charge in [0.25, 0.3) is 0 Å². The summed E-state index contributed by atoms with van der Waals surface area (Å²) in [6.07, 6.45) is 0.370. The molecule has 2 aromatic carbocycles. The minimum Gasteiger partial charge on any atom is -0.399 e. The third-order valence-corrected chi connectivity index (χ3v) is 3.79. The van der Waals surface area contributed by atoms with E-state index < -0.39 is 0 Å². The molecule has 0 aliphatic carbocycles. The lowest BCUT2D eigenvalue weighted by Gasteiger charge is -2.05. The van der Waals surface area contributed by atoms with Gasteiger partial charge in [0.2, 0.25) is 0 Å². The van der Waals surface area contributed by atoms with Crippen molar-refractivity contribution in [3.63, 3.8) is 0 Å². The maximum Gasteiger partial charge on any atom is 0.168 e. The van der Waals surface area contributed by atoms with Gasteiger partial charge in [-0.25, -0.2) is 0 Å². The second-order valence-electron chi connectivity index (χ2n) is 3.97. The van der Waals surface area contributed by atoms with Crippen molar-refractivity contribution in [2.45, 2.75) is 6.42 Å². The molecule has 0 unspecified atom stereocenters. The third kappa shape index (κ3) is 3.21. The van der Waals surface area contributed by atoms with Crippen molar-refractivity contribution < 1.29 is 4.79 Å². The van der Waals surface area contributed by atoms with Crippen molar-refractivity contribution in [3.8, 4) is 0 Å². The number of Topliss-reactive ketones (excluding diaryl/α,β-unsaturated/α-hetero) is 1. The minimum absolute atomic E-state index is 0.0523. The summed E-state index contributed by atoms with van der Waals surface area (Å²) in [6, 6.07) is 13.0. The first kappa shape index (κ1) is 13.3. The maximum absolute atomic E-state index is 12.2. The van der Waals surface area contributed by atoms with E-state index in [0.29, 0.717) is 17.7 Å². The molecule has 0 saturated heterocycles. The number of hydrogen-bond acceptors (Lipinski definition) is 2. The van der Waals surface area contributed by atoms with Crippen molar-refractivity contribution in [1.29, 1.82) is 0 Å². The van der Waals surface area contributed by atoms with Crippen LogP contribution in [0.2, 0.25) is 0 Å². The fourth-order valence-electron chi connectivity index (χ4n) is 1.64. The lowest BCUT2D eigenvalue weighted by Crippen LogP contribution is -2.05. The van der Waals surface area contributed by atoms with Gasteiger partial charge >= 0.3 is 0 Å². The predicted octanol–water partition coefficient (Wildman–Crippen LogP) is 4.22. The average Bonchev–Trinajstić information content (AvgIpc) is 2.35. The summed E-state index contributed by atoms with van der Waals surface area (Å²) in [7, 11) is 0. The Hall–Kier alpha value is -1.13. The fourth-order valence-corrected chi connectivity index (χ4v) is 2.37. The molecule has 0 fully saturated rings. The summed E-state index contributed by atoms with van der Waals surface area (Å²) >= 11 is 6.74. The molecular weight excluding hydrogens is 358 g/mol. The second kappa shape index (κ2) is 5.67. The Morgan fingerprint density at radius 3 is 2.39 bits per heavy atom. The zero-order chi connectivity index (χ0) is 13.1. The normalized spacial score (nSPS) is 10.3. The lowest BCUT2D eigenvalue weighted by atomic mass is 10.0. The van der Waals surface area contributed by atoms with Gasteiger partial charge in [0.05, 0.1) is 0 Å². The fraction of sp³-hybridized carbons (Fsp3) is 0.0714. The smallest absolute Gasteiger partial charge is 0.168 e. The monoisotopic (exact) mass is 367 g/mol. The molecule has 4 heteroatoms. The van der Waals surface area contributed by atoms with Gasteiger partial charge in [0.15, 0.2) is 5.78 Å². The van der Waals surface area contributed by atoms with Gasteiger partial charge in [-0.05, 0) is 35.9 Å². The molecular formula is C14H11Br2NO. The van der Waals surface area contributed by atoms with E-state index in [9.17, 15) is 4.79 Å². The van der Waals surface area contributed by atoms with Crippen LogP contribution < -0.4 is 5.73 Å². The molecule has 0 heterocycles. The standard InChI is InChI=1S/C14H11Br2NO/c15-10-3-1-9(2-4-10)7-14(18)12-8-11(17)5-6-13(12)16/h1-6,8H,7,17H2. The van der Waals surface area contributed by atoms with E-state index in [1.807, 2.05) is 24.3 Å². The molecule has 2 N–H and O–H groups in total. The number of ketones is 1. The highest BCUT2D eigenvalue weighted by Gasteiger charge is 2.11. The molecule has 18 heavy (non-hydrogen) atoms. The number of hydrogen-bond donors (Lipinski definition) is 1. The van der Waals surface area contributed by atoms with E-state index >= 15 is 0 Å². The first-order valence-electron chi connectivity index (χ1n) is 5.39. The summed E-state index contributed by atoms with van der Waals surface area (Å²) in [5.41, 5.74) is 7.90. The molecule has 0 radical (unpaired) electrons. The van der Waals surface area contributed by atoms with Crippen LogP contribution in [0.1, 0.15) is 15.9 Å². The van der Waals surface area contributed by atoms with Crippen molar-refractivity contribution in [3.05, 3.63) is 62.5 Å². The second-order valence-corrected chi connectivity index (χ2v) is 5.74. The number of halogens is 2. The van der Waals surface area contributed by atoms with E-state index in [2.05, 4.69) is 31.9 Å². The molecule has 2 nitrogen and oxygen atoms in total. The molecule has 0 spiro atoms. The molecule has 2 aromatic rings. The Labute approximate surface area is 122 Å². The van der Waals surface area contributed by atoms with Crippen molar-refractivity contribution in [2.24, 2.45) is 0 Å². The van der Waals surface area contributed by atoms with Crippen LogP contribution in [0.15, 0.2) is 51.4 Å². The average molecular weight is 369 g/mol. The van der Waals surface area contributed by atoms with Crippen LogP contribution in [0.5, 0.6) is 0 Å². The van der Waals surface area contributed by atoms with Crippen LogP contribution in [-0.2, 0) is 6.42 Å². The van der Waals surface area contributed by atoms with E-state index in [0.717, 1.165) is 14.5 Å². The highest BCUT2D eigenvalue weighted by molar-refractivity contribution is 9.10. The number of benzene rings is 2. The highest BCUT2D eigenvalue weighted by Crippen LogP contribution is 2.21. The minimum atomic E-state index is 0.0523. The van der Waals surface area contributed by atoms with Gasteiger partial charge in [-0.15, -0.1) is 0 Å². The van der Waals surface area contributed by atoms with Crippen molar-refractivity contribution in [2.75, 3.05) is 5.73 Å². The third-order valence-electron chi connectivity index (χ3n) is 2.57. The number of nitrogen functional groups attached to an aromatic ring is 1. The van der Waals surface area contributed by atoms with Crippen molar-refractivity contribution in [1.82, 2.24) is 0 Å². The van der Waals surface area contributed by atoms with Crippen molar-refractivity contribution >= 4 is 43.3 Å². The van der Waals surface area contributed by atoms with E-state index in [4.69, 9.17) is 5.73 Å². The van der Waals surface area contributed by atoms with Gasteiger partial charge in [-0.2, -0.15) is 0 Å². The zero-order valence-electron chi connectivity index (χ0n) is 9.49. The molecule has 0 aliphatic heterocycles. The van der Waals surface area contributed by atoms with Crippen LogP contribution in [0.3, 0.4) is 0 Å². The molecule has 0 atom stereocenters. The molecule has 0 aliphatic rings. The number of anilines is 1. The maximum atomic E-state index is 12.2. The molecule has 0 aromatic heterocycles. The molecule has 92 valence electrons.